The summed E-state index contributed by atoms with van der Waals surface area (Å²) in [6, 6.07) is 6.32. The van der Waals surface area contributed by atoms with Crippen LogP contribution in [-0.2, 0) is 0 Å². The van der Waals surface area contributed by atoms with Crippen LogP contribution < -0.4 is 10.1 Å². The van der Waals surface area contributed by atoms with Crippen molar-refractivity contribution in [2.75, 3.05) is 6.61 Å². The minimum Gasteiger partial charge on any atom is -0.507 e. The molecular weight excluding hydrogens is 459 g/mol. The van der Waals surface area contributed by atoms with Gasteiger partial charge in [-0.3, -0.25) is 4.40 Å². The van der Waals surface area contributed by atoms with E-state index in [2.05, 4.69) is 54.0 Å². The predicted molar refractivity (Wildman–Crippen MR) is 136 cm³/mol. The first kappa shape index (κ1) is 23.9. The second-order valence-electron chi connectivity index (χ2n) is 10.2. The average molecular weight is 489 g/mol. The van der Waals surface area contributed by atoms with Gasteiger partial charge in [0.15, 0.2) is 0 Å². The van der Waals surface area contributed by atoms with Gasteiger partial charge in [-0.05, 0) is 64.8 Å². The molecule has 4 aromatic rings. The standard InChI is InChI=1S/C27H29FN6O2/c1-6-36-23-11-20(29-15-30-23)16-9-18(28)24(22(35)10-16)21-14-34-8-7-19(31-25(34)32-21)17-12-26(2,3)33-27(4,5)13-17/h7-12,14-15,33,35H,6,13H2,1-5H3. The highest BCUT2D eigenvalue weighted by Crippen LogP contribution is 2.36. The summed E-state index contributed by atoms with van der Waals surface area (Å²) in [5, 5.41) is 14.4. The minimum atomic E-state index is -0.616. The molecule has 9 heteroatoms. The zero-order chi connectivity index (χ0) is 25.7. The van der Waals surface area contributed by atoms with Gasteiger partial charge < -0.3 is 15.2 Å². The Kier molecular flexibility index (Phi) is 5.75. The maximum Gasteiger partial charge on any atom is 0.234 e. The summed E-state index contributed by atoms with van der Waals surface area (Å²) in [6.45, 7) is 10.9. The summed E-state index contributed by atoms with van der Waals surface area (Å²) in [7, 11) is 0. The monoisotopic (exact) mass is 488 g/mol. The third kappa shape index (κ3) is 4.66. The van der Waals surface area contributed by atoms with Crippen LogP contribution in [0.4, 0.5) is 4.39 Å². The smallest absolute Gasteiger partial charge is 0.234 e. The number of nitrogens with zero attached hydrogens (tertiary/aromatic N) is 5. The Morgan fingerprint density at radius 3 is 2.58 bits per heavy atom. The molecule has 0 radical (unpaired) electrons. The van der Waals surface area contributed by atoms with Crippen molar-refractivity contribution in [2.45, 2.75) is 52.1 Å². The summed E-state index contributed by atoms with van der Waals surface area (Å²) in [5.74, 6) is -0.0496. The number of aromatic nitrogens is 5. The van der Waals surface area contributed by atoms with Gasteiger partial charge in [0.2, 0.25) is 11.7 Å². The Morgan fingerprint density at radius 2 is 1.86 bits per heavy atom. The maximum atomic E-state index is 15.3. The number of phenolic OH excluding ortho intramolecular Hbond substituents is 1. The molecule has 0 saturated carbocycles. The van der Waals surface area contributed by atoms with Gasteiger partial charge in [-0.25, -0.2) is 24.3 Å². The lowest BCUT2D eigenvalue weighted by molar-refractivity contribution is 0.297. The van der Waals surface area contributed by atoms with Crippen LogP contribution in [0.25, 0.3) is 33.9 Å². The van der Waals surface area contributed by atoms with Crippen LogP contribution in [-0.4, -0.2) is 47.1 Å². The van der Waals surface area contributed by atoms with Crippen molar-refractivity contribution in [1.29, 1.82) is 0 Å². The summed E-state index contributed by atoms with van der Waals surface area (Å²) >= 11 is 0. The molecule has 0 bridgehead atoms. The van der Waals surface area contributed by atoms with Crippen LogP contribution in [0.5, 0.6) is 11.6 Å². The SMILES string of the molecule is CCOc1cc(-c2cc(O)c(-c3cn4ccc(C5=CC(C)(C)NC(C)(C)C5)nc4n3)c(F)c2)ncn1. The number of halogens is 1. The van der Waals surface area contributed by atoms with Crippen molar-refractivity contribution < 1.29 is 14.2 Å². The molecule has 0 amide bonds. The highest BCUT2D eigenvalue weighted by atomic mass is 19.1. The highest BCUT2D eigenvalue weighted by Gasteiger charge is 2.33. The van der Waals surface area contributed by atoms with E-state index in [-0.39, 0.29) is 22.4 Å². The molecule has 36 heavy (non-hydrogen) atoms. The Morgan fingerprint density at radius 1 is 1.08 bits per heavy atom. The van der Waals surface area contributed by atoms with E-state index in [0.717, 1.165) is 17.7 Å². The number of hydrogen-bond acceptors (Lipinski definition) is 7. The fourth-order valence-electron chi connectivity index (χ4n) is 4.97. The molecule has 0 atom stereocenters. The third-order valence-corrected chi connectivity index (χ3v) is 6.04. The number of phenols is 1. The fourth-order valence-corrected chi connectivity index (χ4v) is 4.97. The van der Waals surface area contributed by atoms with Crippen molar-refractivity contribution in [1.82, 2.24) is 29.7 Å². The number of benzene rings is 1. The van der Waals surface area contributed by atoms with E-state index >= 15 is 4.39 Å². The number of aromatic hydroxyl groups is 1. The summed E-state index contributed by atoms with van der Waals surface area (Å²) in [5.41, 5.74) is 2.86. The van der Waals surface area contributed by atoms with Gasteiger partial charge in [0.05, 0.1) is 29.3 Å². The minimum absolute atomic E-state index is 0.00763. The first-order valence-electron chi connectivity index (χ1n) is 11.9. The van der Waals surface area contributed by atoms with Crippen molar-refractivity contribution in [3.8, 4) is 34.1 Å². The van der Waals surface area contributed by atoms with Gasteiger partial charge in [-0.1, -0.05) is 6.08 Å². The van der Waals surface area contributed by atoms with E-state index in [1.807, 2.05) is 19.2 Å². The van der Waals surface area contributed by atoms with Crippen LogP contribution in [0.3, 0.4) is 0 Å². The van der Waals surface area contributed by atoms with E-state index in [1.54, 1.807) is 16.7 Å². The zero-order valence-corrected chi connectivity index (χ0v) is 21.0. The largest absolute Gasteiger partial charge is 0.507 e. The Bertz CT molecular complexity index is 1470. The van der Waals surface area contributed by atoms with Crippen LogP contribution in [0.1, 0.15) is 46.7 Å². The lowest BCUT2D eigenvalue weighted by Crippen LogP contribution is -2.53. The second-order valence-corrected chi connectivity index (χ2v) is 10.2. The highest BCUT2D eigenvalue weighted by molar-refractivity contribution is 5.75. The van der Waals surface area contributed by atoms with Crippen molar-refractivity contribution in [3.05, 3.63) is 60.6 Å². The van der Waals surface area contributed by atoms with Gasteiger partial charge in [-0.2, -0.15) is 0 Å². The molecule has 0 saturated heterocycles. The predicted octanol–water partition coefficient (Wildman–Crippen LogP) is 5.03. The molecule has 0 fully saturated rings. The van der Waals surface area contributed by atoms with Gasteiger partial charge in [0.25, 0.3) is 0 Å². The van der Waals surface area contributed by atoms with Crippen LogP contribution in [0, 0.1) is 5.82 Å². The summed E-state index contributed by atoms with van der Waals surface area (Å²) in [6.07, 6.45) is 7.87. The van der Waals surface area contributed by atoms with Crippen LogP contribution in [0.2, 0.25) is 0 Å². The van der Waals surface area contributed by atoms with E-state index < -0.39 is 5.82 Å². The lowest BCUT2D eigenvalue weighted by Gasteiger charge is -2.41. The summed E-state index contributed by atoms with van der Waals surface area (Å²) in [4.78, 5) is 17.5. The van der Waals surface area contributed by atoms with E-state index in [4.69, 9.17) is 9.72 Å². The van der Waals surface area contributed by atoms with E-state index in [9.17, 15) is 5.11 Å². The molecule has 4 heterocycles. The van der Waals surface area contributed by atoms with Gasteiger partial charge in [0, 0.05) is 35.1 Å². The molecule has 1 aromatic carbocycles. The van der Waals surface area contributed by atoms with Gasteiger partial charge in [-0.15, -0.1) is 0 Å². The molecule has 1 aliphatic heterocycles. The fraction of sp³-hybridized carbons (Fsp3) is 0.333. The second kappa shape index (κ2) is 8.67. The van der Waals surface area contributed by atoms with Crippen molar-refractivity contribution in [3.63, 3.8) is 0 Å². The number of fused-ring (bicyclic) bond motifs is 1. The molecule has 8 nitrogen and oxygen atoms in total. The number of ether oxygens (including phenoxy) is 1. The Hall–Kier alpha value is -3.85. The number of nitrogens with one attached hydrogen (secondary N) is 1. The first-order chi connectivity index (χ1) is 17.0. The quantitative estimate of drug-likeness (QED) is 0.407. The van der Waals surface area contributed by atoms with E-state index in [1.165, 1.54) is 18.5 Å². The summed E-state index contributed by atoms with van der Waals surface area (Å²) < 4.78 is 22.4. The molecule has 5 rings (SSSR count). The molecular formula is C27H29FN6O2. The van der Waals surface area contributed by atoms with Crippen molar-refractivity contribution in [2.24, 2.45) is 0 Å². The first-order valence-corrected chi connectivity index (χ1v) is 11.9. The number of hydrogen-bond donors (Lipinski definition) is 2. The lowest BCUT2D eigenvalue weighted by atomic mass is 9.82. The van der Waals surface area contributed by atoms with Crippen molar-refractivity contribution >= 4 is 11.4 Å². The third-order valence-electron chi connectivity index (χ3n) is 6.04. The molecule has 0 spiro atoms. The number of imidazole rings is 1. The van der Waals surface area contributed by atoms with Gasteiger partial charge in [0.1, 0.15) is 17.9 Å². The van der Waals surface area contributed by atoms with Crippen LogP contribution >= 0.6 is 0 Å². The molecule has 3 aromatic heterocycles. The molecule has 186 valence electrons. The Balaban J connectivity index is 1.51. The number of rotatable bonds is 5. The molecule has 2 N–H and O–H groups in total. The molecule has 0 unspecified atom stereocenters. The van der Waals surface area contributed by atoms with Crippen LogP contribution in [0.15, 0.2) is 49.1 Å². The topological polar surface area (TPSA) is 97.5 Å². The molecule has 1 aliphatic rings. The zero-order valence-electron chi connectivity index (χ0n) is 21.0. The average Bonchev–Trinajstić information content (AvgIpc) is 3.19. The molecule has 0 aliphatic carbocycles. The van der Waals surface area contributed by atoms with E-state index in [0.29, 0.717) is 35.2 Å². The Labute approximate surface area is 208 Å². The van der Waals surface area contributed by atoms with Gasteiger partial charge >= 0.3 is 0 Å². The maximum absolute atomic E-state index is 15.3. The normalized spacial score (nSPS) is 16.7.